The molecule has 0 spiro atoms. The number of hydrogen-bond donors (Lipinski definition) is 1. The second-order valence-electron chi connectivity index (χ2n) is 4.75. The van der Waals surface area contributed by atoms with E-state index in [9.17, 15) is 4.79 Å². The lowest BCUT2D eigenvalue weighted by atomic mass is 10.1. The van der Waals surface area contributed by atoms with Crippen LogP contribution in [0.3, 0.4) is 0 Å². The van der Waals surface area contributed by atoms with E-state index in [1.165, 1.54) is 25.7 Å². The molecule has 2 N–H and O–H groups in total. The van der Waals surface area contributed by atoms with Crippen molar-refractivity contribution in [1.29, 1.82) is 0 Å². The molecule has 0 aromatic rings. The Morgan fingerprint density at radius 1 is 1.25 bits per heavy atom. The summed E-state index contributed by atoms with van der Waals surface area (Å²) in [7, 11) is 1.87. The van der Waals surface area contributed by atoms with E-state index in [4.69, 9.17) is 5.73 Å². The molecule has 0 fully saturated rings. The van der Waals surface area contributed by atoms with Crippen molar-refractivity contribution in [1.82, 2.24) is 4.90 Å². The second kappa shape index (κ2) is 9.64. The Balaban J connectivity index is 3.47. The Morgan fingerprint density at radius 3 is 2.44 bits per heavy atom. The van der Waals surface area contributed by atoms with Gasteiger partial charge in [-0.3, -0.25) is 4.79 Å². The lowest BCUT2D eigenvalue weighted by molar-refractivity contribution is -0.130. The molecule has 0 heterocycles. The van der Waals surface area contributed by atoms with E-state index in [1.54, 1.807) is 0 Å². The van der Waals surface area contributed by atoms with Gasteiger partial charge in [-0.15, -0.1) is 0 Å². The van der Waals surface area contributed by atoms with Crippen LogP contribution in [0.15, 0.2) is 0 Å². The topological polar surface area (TPSA) is 46.3 Å². The molecular weight excluding hydrogens is 200 g/mol. The van der Waals surface area contributed by atoms with E-state index in [2.05, 4.69) is 6.92 Å². The minimum absolute atomic E-state index is 0.180. The molecule has 1 unspecified atom stereocenters. The Morgan fingerprint density at radius 2 is 1.88 bits per heavy atom. The van der Waals surface area contributed by atoms with Gasteiger partial charge in [0.1, 0.15) is 0 Å². The maximum atomic E-state index is 11.7. The summed E-state index contributed by atoms with van der Waals surface area (Å²) in [4.78, 5) is 13.5. The molecule has 0 aromatic heterocycles. The van der Waals surface area contributed by atoms with Crippen molar-refractivity contribution < 1.29 is 4.79 Å². The summed E-state index contributed by atoms with van der Waals surface area (Å²) in [5, 5.41) is 0. The highest BCUT2D eigenvalue weighted by molar-refractivity contribution is 5.75. The molecule has 3 nitrogen and oxygen atoms in total. The predicted octanol–water partition coefficient (Wildman–Crippen LogP) is 2.54. The molecular formula is C13H28N2O. The lowest BCUT2D eigenvalue weighted by Crippen LogP contribution is -2.31. The molecule has 1 amide bonds. The zero-order chi connectivity index (χ0) is 12.4. The van der Waals surface area contributed by atoms with E-state index < -0.39 is 0 Å². The monoisotopic (exact) mass is 228 g/mol. The van der Waals surface area contributed by atoms with Crippen LogP contribution in [-0.4, -0.2) is 30.4 Å². The number of amides is 1. The quantitative estimate of drug-likeness (QED) is 0.616. The molecule has 0 aliphatic rings. The molecule has 1 atom stereocenters. The van der Waals surface area contributed by atoms with E-state index in [-0.39, 0.29) is 11.9 Å². The first-order valence-corrected chi connectivity index (χ1v) is 6.57. The fourth-order valence-corrected chi connectivity index (χ4v) is 1.59. The first kappa shape index (κ1) is 15.4. The van der Waals surface area contributed by atoms with Crippen molar-refractivity contribution in [2.24, 2.45) is 5.73 Å². The average Bonchev–Trinajstić information content (AvgIpc) is 2.25. The number of hydrogen-bond acceptors (Lipinski definition) is 2. The van der Waals surface area contributed by atoms with Gasteiger partial charge < -0.3 is 10.6 Å². The normalized spacial score (nSPS) is 12.5. The zero-order valence-corrected chi connectivity index (χ0v) is 11.2. The van der Waals surface area contributed by atoms with Crippen molar-refractivity contribution in [3.05, 3.63) is 0 Å². The van der Waals surface area contributed by atoms with Gasteiger partial charge in [-0.25, -0.2) is 0 Å². The molecule has 0 bridgehead atoms. The van der Waals surface area contributed by atoms with Gasteiger partial charge in [-0.1, -0.05) is 32.6 Å². The molecule has 0 saturated carbocycles. The third-order valence-corrected chi connectivity index (χ3v) is 2.84. The molecule has 0 radical (unpaired) electrons. The van der Waals surface area contributed by atoms with E-state index in [1.807, 2.05) is 18.9 Å². The predicted molar refractivity (Wildman–Crippen MR) is 69.3 cm³/mol. The first-order valence-electron chi connectivity index (χ1n) is 6.57. The number of carbonyl (C=O) groups excluding carboxylic acids is 1. The van der Waals surface area contributed by atoms with Crippen LogP contribution in [0, 0.1) is 0 Å². The van der Waals surface area contributed by atoms with Crippen molar-refractivity contribution in [3.8, 4) is 0 Å². The van der Waals surface area contributed by atoms with E-state index >= 15 is 0 Å². The maximum absolute atomic E-state index is 11.7. The molecule has 0 saturated heterocycles. The van der Waals surface area contributed by atoms with Crippen LogP contribution in [0.1, 0.15) is 58.8 Å². The summed E-state index contributed by atoms with van der Waals surface area (Å²) >= 11 is 0. The van der Waals surface area contributed by atoms with Crippen LogP contribution >= 0.6 is 0 Å². The van der Waals surface area contributed by atoms with Gasteiger partial charge in [0.05, 0.1) is 0 Å². The Bertz CT molecular complexity index is 181. The molecule has 3 heteroatoms. The molecule has 0 rings (SSSR count). The van der Waals surface area contributed by atoms with Gasteiger partial charge in [-0.05, 0) is 19.8 Å². The maximum Gasteiger partial charge on any atom is 0.222 e. The van der Waals surface area contributed by atoms with Crippen molar-refractivity contribution in [2.45, 2.75) is 64.8 Å². The minimum Gasteiger partial charge on any atom is -0.346 e. The highest BCUT2D eigenvalue weighted by Gasteiger charge is 2.08. The third-order valence-electron chi connectivity index (χ3n) is 2.84. The number of rotatable bonds is 9. The van der Waals surface area contributed by atoms with Crippen molar-refractivity contribution in [2.75, 3.05) is 13.6 Å². The van der Waals surface area contributed by atoms with Crippen LogP contribution in [0.25, 0.3) is 0 Å². The largest absolute Gasteiger partial charge is 0.346 e. The highest BCUT2D eigenvalue weighted by atomic mass is 16.2. The van der Waals surface area contributed by atoms with Crippen LogP contribution < -0.4 is 5.73 Å². The van der Waals surface area contributed by atoms with Gasteiger partial charge in [0.25, 0.3) is 0 Å². The molecule has 0 aromatic carbocycles. The smallest absolute Gasteiger partial charge is 0.222 e. The molecule has 0 aliphatic heterocycles. The van der Waals surface area contributed by atoms with Crippen LogP contribution in [0.4, 0.5) is 0 Å². The third kappa shape index (κ3) is 8.72. The number of unbranched alkanes of at least 4 members (excludes halogenated alkanes) is 4. The highest BCUT2D eigenvalue weighted by Crippen LogP contribution is 2.06. The fourth-order valence-electron chi connectivity index (χ4n) is 1.59. The Hall–Kier alpha value is -0.570. The van der Waals surface area contributed by atoms with Crippen LogP contribution in [0.2, 0.25) is 0 Å². The van der Waals surface area contributed by atoms with Gasteiger partial charge in [0.2, 0.25) is 5.91 Å². The molecule has 16 heavy (non-hydrogen) atoms. The average molecular weight is 228 g/mol. The molecule has 0 aliphatic carbocycles. The minimum atomic E-state index is 0.180. The van der Waals surface area contributed by atoms with E-state index in [0.717, 1.165) is 19.4 Å². The summed E-state index contributed by atoms with van der Waals surface area (Å²) in [6.07, 6.45) is 7.59. The summed E-state index contributed by atoms with van der Waals surface area (Å²) in [6.45, 7) is 4.96. The van der Waals surface area contributed by atoms with Gasteiger partial charge in [-0.2, -0.15) is 0 Å². The number of carbonyl (C=O) groups is 1. The SMILES string of the molecule is CCCCCCCC(=O)N(C)CCC(C)N. The second-order valence-corrected chi connectivity index (χ2v) is 4.75. The van der Waals surface area contributed by atoms with Crippen LogP contribution in [0.5, 0.6) is 0 Å². The molecule has 96 valence electrons. The van der Waals surface area contributed by atoms with Crippen molar-refractivity contribution in [3.63, 3.8) is 0 Å². The summed E-state index contributed by atoms with van der Waals surface area (Å²) in [6, 6.07) is 0.180. The number of nitrogens with two attached hydrogens (primary N) is 1. The zero-order valence-electron chi connectivity index (χ0n) is 11.2. The summed E-state index contributed by atoms with van der Waals surface area (Å²) in [5.41, 5.74) is 5.66. The van der Waals surface area contributed by atoms with Gasteiger partial charge >= 0.3 is 0 Å². The van der Waals surface area contributed by atoms with Crippen LogP contribution in [-0.2, 0) is 4.79 Å². The van der Waals surface area contributed by atoms with E-state index in [0.29, 0.717) is 6.42 Å². The van der Waals surface area contributed by atoms with Gasteiger partial charge in [0.15, 0.2) is 0 Å². The Kier molecular flexibility index (Phi) is 9.30. The Labute approximate surface area is 100 Å². The first-order chi connectivity index (χ1) is 7.57. The number of nitrogens with zero attached hydrogens (tertiary/aromatic N) is 1. The summed E-state index contributed by atoms with van der Waals surface area (Å²) in [5.74, 6) is 0.261. The lowest BCUT2D eigenvalue weighted by Gasteiger charge is -2.18. The summed E-state index contributed by atoms with van der Waals surface area (Å²) < 4.78 is 0. The standard InChI is InChI=1S/C13H28N2O/c1-4-5-6-7-8-9-13(16)15(3)11-10-12(2)14/h12H,4-11,14H2,1-3H3. The van der Waals surface area contributed by atoms with Gasteiger partial charge in [0, 0.05) is 26.1 Å². The fraction of sp³-hybridized carbons (Fsp3) is 0.923. The van der Waals surface area contributed by atoms with Crippen molar-refractivity contribution >= 4 is 5.91 Å².